The summed E-state index contributed by atoms with van der Waals surface area (Å²) in [5.74, 6) is -1.48. The third-order valence-corrected chi connectivity index (χ3v) is 10.8. The summed E-state index contributed by atoms with van der Waals surface area (Å²) in [6.07, 6.45) is 4.76. The Morgan fingerprint density at radius 1 is 0.860 bits per heavy atom. The molecule has 5 heterocycles. The van der Waals surface area contributed by atoms with E-state index in [2.05, 4.69) is 25.7 Å². The van der Waals surface area contributed by atoms with E-state index < -0.39 is 11.4 Å². The molecule has 15 heteroatoms. The summed E-state index contributed by atoms with van der Waals surface area (Å²) in [6, 6.07) is 21.7. The molecule has 2 saturated heterocycles. The number of fused-ring (bicyclic) bond motifs is 1. The molecule has 0 unspecified atom stereocenters. The lowest BCUT2D eigenvalue weighted by Crippen LogP contribution is -2.64. The molecular formula is C42H41FN10O4. The molecule has 0 spiro atoms. The number of aryl methyl sites for hydroxylation is 2. The molecule has 3 aromatic heterocycles. The number of benzene rings is 3. The maximum Gasteiger partial charge on any atom is 0.261 e. The van der Waals surface area contributed by atoms with E-state index in [9.17, 15) is 23.6 Å². The molecule has 0 aliphatic carbocycles. The van der Waals surface area contributed by atoms with E-state index in [1.807, 2.05) is 55.1 Å². The fraction of sp³-hybridized carbons (Fsp3) is 0.286. The van der Waals surface area contributed by atoms with E-state index in [-0.39, 0.29) is 42.8 Å². The highest BCUT2D eigenvalue weighted by atomic mass is 19.1. The number of aromatic nitrogens is 6. The second kappa shape index (κ2) is 14.7. The minimum Gasteiger partial charge on any atom is -0.338 e. The molecule has 8 rings (SSSR count). The molecule has 0 atom stereocenters. The molecule has 290 valence electrons. The fourth-order valence-corrected chi connectivity index (χ4v) is 7.65. The van der Waals surface area contributed by atoms with Gasteiger partial charge in [-0.25, -0.2) is 18.6 Å². The number of carbonyl (C=O) groups excluding carboxylic acids is 4. The molecule has 2 aliphatic heterocycles. The topological polar surface area (TPSA) is 151 Å². The van der Waals surface area contributed by atoms with Crippen LogP contribution in [0.4, 0.5) is 15.8 Å². The molecule has 0 bridgehead atoms. The summed E-state index contributed by atoms with van der Waals surface area (Å²) in [5, 5.41) is 16.0. The number of rotatable bonds is 7. The van der Waals surface area contributed by atoms with Crippen molar-refractivity contribution in [1.82, 2.24) is 39.4 Å². The van der Waals surface area contributed by atoms with Crippen LogP contribution in [0, 0.1) is 19.7 Å². The molecule has 2 aliphatic rings. The van der Waals surface area contributed by atoms with Gasteiger partial charge in [-0.3, -0.25) is 19.2 Å². The summed E-state index contributed by atoms with van der Waals surface area (Å²) in [6.45, 7) is 8.72. The van der Waals surface area contributed by atoms with E-state index in [0.29, 0.717) is 65.3 Å². The average Bonchev–Trinajstić information content (AvgIpc) is 3.88. The number of piperidine rings is 1. The van der Waals surface area contributed by atoms with Crippen molar-refractivity contribution in [2.45, 2.75) is 52.1 Å². The van der Waals surface area contributed by atoms with Crippen molar-refractivity contribution < 1.29 is 23.6 Å². The third-order valence-electron chi connectivity index (χ3n) is 10.8. The van der Waals surface area contributed by atoms with Gasteiger partial charge >= 0.3 is 0 Å². The van der Waals surface area contributed by atoms with Crippen LogP contribution in [0.1, 0.15) is 75.2 Å². The standard InChI is InChI=1S/C42H41FN10O4/c1-26-22-27(2)53-37(45-26)35(24-44-53)38(54)46-32-12-8-28(9-13-32)36-25-52(48-47-36)34-16-18-49(19-17-34)39(55)29-6-5-7-30(23-29)40(56)51-21-20-50(41(57)42(51,3)4)33-14-10-31(43)11-15-33/h5-15,22-25,34H,16-21H2,1-4H3,(H,46,54). The van der Waals surface area contributed by atoms with Crippen molar-refractivity contribution in [3.8, 4) is 11.3 Å². The first-order valence-electron chi connectivity index (χ1n) is 18.8. The minimum atomic E-state index is -1.16. The summed E-state index contributed by atoms with van der Waals surface area (Å²) < 4.78 is 17.0. The van der Waals surface area contributed by atoms with Gasteiger partial charge in [0.1, 0.15) is 22.6 Å². The van der Waals surface area contributed by atoms with Crippen LogP contribution in [0.2, 0.25) is 0 Å². The number of halogens is 1. The Hall–Kier alpha value is -6.77. The summed E-state index contributed by atoms with van der Waals surface area (Å²) >= 11 is 0. The van der Waals surface area contributed by atoms with Crippen LogP contribution in [0.5, 0.6) is 0 Å². The van der Waals surface area contributed by atoms with E-state index in [4.69, 9.17) is 0 Å². The van der Waals surface area contributed by atoms with E-state index in [0.717, 1.165) is 17.0 Å². The first-order chi connectivity index (χ1) is 27.4. The number of hydrogen-bond donors (Lipinski definition) is 1. The number of amides is 4. The second-order valence-electron chi connectivity index (χ2n) is 15.0. The van der Waals surface area contributed by atoms with Crippen LogP contribution in [-0.4, -0.2) is 94.7 Å². The first kappa shape index (κ1) is 37.2. The number of hydrogen-bond acceptors (Lipinski definition) is 8. The lowest BCUT2D eigenvalue weighted by molar-refractivity contribution is -0.129. The van der Waals surface area contributed by atoms with Crippen LogP contribution in [0.25, 0.3) is 16.9 Å². The van der Waals surface area contributed by atoms with Crippen molar-refractivity contribution in [1.29, 1.82) is 0 Å². The van der Waals surface area contributed by atoms with E-state index in [1.54, 1.807) is 64.6 Å². The molecule has 6 aromatic rings. The molecule has 4 amide bonds. The molecule has 1 N–H and O–H groups in total. The monoisotopic (exact) mass is 768 g/mol. The van der Waals surface area contributed by atoms with Crippen LogP contribution < -0.4 is 10.2 Å². The van der Waals surface area contributed by atoms with Crippen LogP contribution in [-0.2, 0) is 4.79 Å². The van der Waals surface area contributed by atoms with E-state index in [1.165, 1.54) is 23.2 Å². The Bertz CT molecular complexity index is 2520. The lowest BCUT2D eigenvalue weighted by Gasteiger charge is -2.46. The molecule has 57 heavy (non-hydrogen) atoms. The molecule has 0 saturated carbocycles. The number of likely N-dealkylation sites (tertiary alicyclic amines) is 1. The number of nitrogens with one attached hydrogen (secondary N) is 1. The van der Waals surface area contributed by atoms with Crippen molar-refractivity contribution in [3.63, 3.8) is 0 Å². The van der Waals surface area contributed by atoms with Gasteiger partial charge in [0.15, 0.2) is 5.65 Å². The Kier molecular flexibility index (Phi) is 9.59. The Morgan fingerprint density at radius 2 is 1.56 bits per heavy atom. The highest BCUT2D eigenvalue weighted by Crippen LogP contribution is 2.30. The number of nitrogens with zero attached hydrogens (tertiary/aromatic N) is 9. The van der Waals surface area contributed by atoms with Gasteiger partial charge in [-0.05, 0) is 101 Å². The fourth-order valence-electron chi connectivity index (χ4n) is 7.65. The Morgan fingerprint density at radius 3 is 2.28 bits per heavy atom. The molecule has 2 fully saturated rings. The van der Waals surface area contributed by atoms with Crippen molar-refractivity contribution in [2.24, 2.45) is 0 Å². The smallest absolute Gasteiger partial charge is 0.261 e. The largest absolute Gasteiger partial charge is 0.338 e. The summed E-state index contributed by atoms with van der Waals surface area (Å²) in [7, 11) is 0. The third kappa shape index (κ3) is 7.12. The zero-order valence-electron chi connectivity index (χ0n) is 32.0. The van der Waals surface area contributed by atoms with Crippen LogP contribution in [0.15, 0.2) is 91.3 Å². The predicted octanol–water partition coefficient (Wildman–Crippen LogP) is 5.74. The lowest BCUT2D eigenvalue weighted by atomic mass is 9.95. The first-order valence-corrected chi connectivity index (χ1v) is 18.8. The minimum absolute atomic E-state index is 0.0434. The number of piperazine rings is 1. The van der Waals surface area contributed by atoms with E-state index >= 15 is 0 Å². The van der Waals surface area contributed by atoms with Crippen LogP contribution >= 0.6 is 0 Å². The predicted molar refractivity (Wildman–Crippen MR) is 210 cm³/mol. The van der Waals surface area contributed by atoms with Crippen molar-refractivity contribution in [3.05, 3.63) is 125 Å². The summed E-state index contributed by atoms with van der Waals surface area (Å²) in [4.78, 5) is 63.5. The quantitative estimate of drug-likeness (QED) is 0.216. The van der Waals surface area contributed by atoms with Crippen molar-refractivity contribution in [2.75, 3.05) is 36.4 Å². The SMILES string of the molecule is Cc1cc(C)n2ncc(C(=O)Nc3ccc(-c4cn(C5CCN(C(=O)c6cccc(C(=O)N7CCN(c8ccc(F)cc8)C(=O)C7(C)C)c6)CC5)nn4)cc3)c2n1. The normalized spacial score (nSPS) is 15.9. The molecule has 3 aromatic carbocycles. The maximum absolute atomic E-state index is 13.8. The van der Waals surface area contributed by atoms with Gasteiger partial charge in [0.25, 0.3) is 23.6 Å². The van der Waals surface area contributed by atoms with Gasteiger partial charge < -0.3 is 20.0 Å². The van der Waals surface area contributed by atoms with Crippen molar-refractivity contribution >= 4 is 40.7 Å². The Balaban J connectivity index is 0.868. The van der Waals surface area contributed by atoms with Gasteiger partial charge in [0.05, 0.1) is 18.4 Å². The molecule has 14 nitrogen and oxygen atoms in total. The zero-order chi connectivity index (χ0) is 40.0. The van der Waals surface area contributed by atoms with Gasteiger partial charge in [0, 0.05) is 65.6 Å². The van der Waals surface area contributed by atoms with Gasteiger partial charge in [0.2, 0.25) is 0 Å². The second-order valence-corrected chi connectivity index (χ2v) is 15.0. The Labute approximate surface area is 327 Å². The highest BCUT2D eigenvalue weighted by molar-refractivity contribution is 6.08. The number of anilines is 2. The highest BCUT2D eigenvalue weighted by Gasteiger charge is 2.45. The van der Waals surface area contributed by atoms with Gasteiger partial charge in [-0.2, -0.15) is 5.10 Å². The maximum atomic E-state index is 13.8. The van der Waals surface area contributed by atoms with Crippen LogP contribution in [0.3, 0.4) is 0 Å². The van der Waals surface area contributed by atoms with Gasteiger partial charge in [-0.1, -0.05) is 23.4 Å². The van der Waals surface area contributed by atoms with Gasteiger partial charge in [-0.15, -0.1) is 5.10 Å². The average molecular weight is 769 g/mol. The zero-order valence-corrected chi connectivity index (χ0v) is 32.0. The summed E-state index contributed by atoms with van der Waals surface area (Å²) in [5.41, 5.74) is 4.86. The number of carbonyl (C=O) groups is 4. The molecular weight excluding hydrogens is 728 g/mol. The molecule has 0 radical (unpaired) electrons.